The minimum atomic E-state index is 0.247. The Bertz CT molecular complexity index is 677. The first kappa shape index (κ1) is 20.5. The van der Waals surface area contributed by atoms with Crippen LogP contribution in [0.2, 0.25) is 0 Å². The summed E-state index contributed by atoms with van der Waals surface area (Å²) in [6, 6.07) is 11.7. The molecule has 0 aliphatic carbocycles. The molecule has 0 bridgehead atoms. The second-order valence-corrected chi connectivity index (χ2v) is 7.49. The lowest BCUT2D eigenvalue weighted by Crippen LogP contribution is -2.00. The van der Waals surface area contributed by atoms with E-state index in [1.54, 1.807) is 0 Å². The van der Waals surface area contributed by atoms with Crippen LogP contribution in [-0.4, -0.2) is 5.78 Å². The maximum absolute atomic E-state index is 12.6. The summed E-state index contributed by atoms with van der Waals surface area (Å²) < 4.78 is 0. The van der Waals surface area contributed by atoms with Crippen LogP contribution in [0, 0.1) is 0 Å². The zero-order chi connectivity index (χ0) is 18.6. The van der Waals surface area contributed by atoms with Crippen LogP contribution in [0.1, 0.15) is 94.3 Å². The third-order valence-electron chi connectivity index (χ3n) is 5.21. The van der Waals surface area contributed by atoms with Crippen LogP contribution >= 0.6 is 0 Å². The van der Waals surface area contributed by atoms with Crippen molar-refractivity contribution in [1.29, 1.82) is 0 Å². The van der Waals surface area contributed by atoms with Gasteiger partial charge in [0.1, 0.15) is 0 Å². The van der Waals surface area contributed by atoms with Crippen molar-refractivity contribution in [3.8, 4) is 0 Å². The molecule has 0 fully saturated rings. The third kappa shape index (κ3) is 6.82. The van der Waals surface area contributed by atoms with Crippen molar-refractivity contribution in [2.45, 2.75) is 84.0 Å². The molecule has 2 N–H and O–H groups in total. The Morgan fingerprint density at radius 1 is 0.808 bits per heavy atom. The fraction of sp³-hybridized carbons (Fsp3) is 0.542. The minimum absolute atomic E-state index is 0.247. The van der Waals surface area contributed by atoms with Gasteiger partial charge in [-0.15, -0.1) is 0 Å². The summed E-state index contributed by atoms with van der Waals surface area (Å²) >= 11 is 0. The lowest BCUT2D eigenvalue weighted by Gasteiger charge is -2.07. The summed E-state index contributed by atoms with van der Waals surface area (Å²) in [7, 11) is 0. The van der Waals surface area contributed by atoms with Gasteiger partial charge in [0, 0.05) is 17.7 Å². The monoisotopic (exact) mass is 353 g/mol. The van der Waals surface area contributed by atoms with Crippen LogP contribution in [0.5, 0.6) is 0 Å². The number of unbranched alkanes of at least 4 members (excludes halogenated alkanes) is 10. The normalized spacial score (nSPS) is 11.1. The zero-order valence-electron chi connectivity index (χ0n) is 16.4. The van der Waals surface area contributed by atoms with Crippen LogP contribution in [0.4, 0.5) is 5.69 Å². The van der Waals surface area contributed by atoms with E-state index in [4.69, 9.17) is 5.73 Å². The van der Waals surface area contributed by atoms with Crippen molar-refractivity contribution in [3.63, 3.8) is 0 Å². The van der Waals surface area contributed by atoms with Crippen LogP contribution in [0.3, 0.4) is 0 Å². The Labute approximate surface area is 159 Å². The number of anilines is 1. The molecule has 0 unspecified atom stereocenters. The molecule has 0 amide bonds. The van der Waals surface area contributed by atoms with E-state index < -0.39 is 0 Å². The summed E-state index contributed by atoms with van der Waals surface area (Å²) in [5.41, 5.74) is 7.43. The highest BCUT2D eigenvalue weighted by Crippen LogP contribution is 2.23. The van der Waals surface area contributed by atoms with Crippen molar-refractivity contribution < 1.29 is 4.79 Å². The summed E-state index contributed by atoms with van der Waals surface area (Å²) in [6.07, 6.45) is 15.0. The van der Waals surface area contributed by atoms with Crippen molar-refractivity contribution in [3.05, 3.63) is 42.0 Å². The van der Waals surface area contributed by atoms with Crippen molar-refractivity contribution in [2.75, 3.05) is 5.73 Å². The SMILES string of the molecule is CCCCCCCCCCCCCC(=O)c1cccc2ccc(N)cc12. The predicted octanol–water partition coefficient (Wildman–Crippen LogP) is 7.31. The molecule has 2 rings (SSSR count). The van der Waals surface area contributed by atoms with E-state index in [2.05, 4.69) is 6.92 Å². The van der Waals surface area contributed by atoms with Gasteiger partial charge in [-0.3, -0.25) is 4.79 Å². The average Bonchev–Trinajstić information content (AvgIpc) is 2.65. The molecule has 26 heavy (non-hydrogen) atoms. The first-order valence-electron chi connectivity index (χ1n) is 10.5. The molecule has 0 spiro atoms. The number of Topliss-reactive ketones (excluding diaryl/α,β-unsaturated/α-hetero) is 1. The van der Waals surface area contributed by atoms with Gasteiger partial charge in [-0.2, -0.15) is 0 Å². The smallest absolute Gasteiger partial charge is 0.163 e. The summed E-state index contributed by atoms with van der Waals surface area (Å²) in [4.78, 5) is 12.6. The summed E-state index contributed by atoms with van der Waals surface area (Å²) in [5, 5.41) is 2.07. The van der Waals surface area contributed by atoms with Gasteiger partial charge < -0.3 is 5.73 Å². The molecular weight excluding hydrogens is 318 g/mol. The van der Waals surface area contributed by atoms with E-state index in [1.165, 1.54) is 57.8 Å². The van der Waals surface area contributed by atoms with E-state index in [1.807, 2.05) is 36.4 Å². The minimum Gasteiger partial charge on any atom is -0.399 e. The molecule has 0 atom stereocenters. The molecular formula is C24H35NO. The number of carbonyl (C=O) groups excluding carboxylic acids is 1. The highest BCUT2D eigenvalue weighted by molar-refractivity contribution is 6.08. The molecule has 0 saturated carbocycles. The first-order chi connectivity index (χ1) is 12.7. The highest BCUT2D eigenvalue weighted by atomic mass is 16.1. The molecule has 0 aliphatic heterocycles. The molecule has 0 heterocycles. The van der Waals surface area contributed by atoms with E-state index >= 15 is 0 Å². The third-order valence-corrected chi connectivity index (χ3v) is 5.21. The molecule has 142 valence electrons. The number of hydrogen-bond acceptors (Lipinski definition) is 2. The van der Waals surface area contributed by atoms with Gasteiger partial charge in [0.25, 0.3) is 0 Å². The quantitative estimate of drug-likeness (QED) is 0.233. The van der Waals surface area contributed by atoms with Crippen molar-refractivity contribution in [1.82, 2.24) is 0 Å². The van der Waals surface area contributed by atoms with Gasteiger partial charge >= 0.3 is 0 Å². The van der Waals surface area contributed by atoms with Crippen LogP contribution in [0.25, 0.3) is 10.8 Å². The number of ketones is 1. The molecule has 2 aromatic rings. The Hall–Kier alpha value is -1.83. The van der Waals surface area contributed by atoms with Gasteiger partial charge in [0.15, 0.2) is 5.78 Å². The number of nitrogens with two attached hydrogens (primary N) is 1. The van der Waals surface area contributed by atoms with Gasteiger partial charge in [0.2, 0.25) is 0 Å². The summed E-state index contributed by atoms with van der Waals surface area (Å²) in [5.74, 6) is 0.247. The maximum atomic E-state index is 12.6. The van der Waals surface area contributed by atoms with E-state index in [0.717, 1.165) is 29.2 Å². The molecule has 2 aromatic carbocycles. The van der Waals surface area contributed by atoms with E-state index in [-0.39, 0.29) is 5.78 Å². The van der Waals surface area contributed by atoms with Crippen molar-refractivity contribution >= 4 is 22.2 Å². The van der Waals surface area contributed by atoms with Crippen LogP contribution < -0.4 is 5.73 Å². The second kappa shape index (κ2) is 11.7. The lowest BCUT2D eigenvalue weighted by atomic mass is 9.97. The van der Waals surface area contributed by atoms with Gasteiger partial charge in [-0.05, 0) is 29.3 Å². The zero-order valence-corrected chi connectivity index (χ0v) is 16.4. The highest BCUT2D eigenvalue weighted by Gasteiger charge is 2.10. The predicted molar refractivity (Wildman–Crippen MR) is 114 cm³/mol. The van der Waals surface area contributed by atoms with Crippen molar-refractivity contribution in [2.24, 2.45) is 0 Å². The number of fused-ring (bicyclic) bond motifs is 1. The number of rotatable bonds is 13. The second-order valence-electron chi connectivity index (χ2n) is 7.49. The Morgan fingerprint density at radius 3 is 2.08 bits per heavy atom. The fourth-order valence-electron chi connectivity index (χ4n) is 3.62. The lowest BCUT2D eigenvalue weighted by molar-refractivity contribution is 0.0980. The largest absolute Gasteiger partial charge is 0.399 e. The fourth-order valence-corrected chi connectivity index (χ4v) is 3.62. The van der Waals surface area contributed by atoms with Gasteiger partial charge in [0.05, 0.1) is 0 Å². The van der Waals surface area contributed by atoms with E-state index in [9.17, 15) is 4.79 Å². The number of carbonyl (C=O) groups is 1. The average molecular weight is 354 g/mol. The number of benzene rings is 2. The van der Waals surface area contributed by atoms with Crippen LogP contribution in [0.15, 0.2) is 36.4 Å². The molecule has 0 radical (unpaired) electrons. The standard InChI is InChI=1S/C24H35NO/c1-2-3-4-5-6-7-8-9-10-11-12-16-24(26)22-15-13-14-20-17-18-21(25)19-23(20)22/h13-15,17-19H,2-12,16,25H2,1H3. The topological polar surface area (TPSA) is 43.1 Å². The van der Waals surface area contributed by atoms with E-state index in [0.29, 0.717) is 12.1 Å². The molecule has 2 nitrogen and oxygen atoms in total. The maximum Gasteiger partial charge on any atom is 0.163 e. The molecule has 0 aromatic heterocycles. The molecule has 0 saturated heterocycles. The van der Waals surface area contributed by atoms with Gasteiger partial charge in [-0.1, -0.05) is 95.4 Å². The Kier molecular flexibility index (Phi) is 9.23. The molecule has 0 aliphatic rings. The Morgan fingerprint density at radius 2 is 1.42 bits per heavy atom. The van der Waals surface area contributed by atoms with Crippen LogP contribution in [-0.2, 0) is 0 Å². The first-order valence-corrected chi connectivity index (χ1v) is 10.5. The summed E-state index contributed by atoms with van der Waals surface area (Å²) in [6.45, 7) is 2.26. The Balaban J connectivity index is 1.63. The van der Waals surface area contributed by atoms with Gasteiger partial charge in [-0.25, -0.2) is 0 Å². The molecule has 2 heteroatoms. The number of nitrogen functional groups attached to an aromatic ring is 1. The number of hydrogen-bond donors (Lipinski definition) is 1.